The molecule has 2 aliphatic heterocycles. The molecule has 2 unspecified atom stereocenters. The molecule has 2 aromatic rings. The van der Waals surface area contributed by atoms with Gasteiger partial charge in [0.15, 0.2) is 0 Å². The molecule has 5 heteroatoms. The minimum Gasteiger partial charge on any atom is -0.367 e. The molecule has 3 heterocycles. The minimum atomic E-state index is -0.181. The number of hydrogen-bond donors (Lipinski definition) is 2. The predicted octanol–water partition coefficient (Wildman–Crippen LogP) is 3.46. The number of aromatic nitrogens is 1. The lowest BCUT2D eigenvalue weighted by Gasteiger charge is -2.37. The number of benzene rings is 1. The summed E-state index contributed by atoms with van der Waals surface area (Å²) in [6.45, 7) is 4.77. The molecule has 3 nitrogen and oxygen atoms in total. The molecule has 2 fully saturated rings. The van der Waals surface area contributed by atoms with Crippen LogP contribution in [-0.4, -0.2) is 30.7 Å². The summed E-state index contributed by atoms with van der Waals surface area (Å²) in [7, 11) is 0. The number of H-pyrrole nitrogens is 1. The zero-order valence-electron chi connectivity index (χ0n) is 12.0. The van der Waals surface area contributed by atoms with E-state index in [0.29, 0.717) is 16.8 Å². The van der Waals surface area contributed by atoms with Gasteiger partial charge in [0.25, 0.3) is 0 Å². The molecule has 4 rings (SSSR count). The van der Waals surface area contributed by atoms with Crippen molar-refractivity contribution in [3.63, 3.8) is 0 Å². The first kappa shape index (κ1) is 13.4. The third-order valence-corrected chi connectivity index (χ3v) is 5.47. The summed E-state index contributed by atoms with van der Waals surface area (Å²) in [6.07, 6.45) is 2.36. The number of anilines is 1. The molecule has 0 spiro atoms. The second-order valence-electron chi connectivity index (χ2n) is 6.23. The quantitative estimate of drug-likeness (QED) is 0.845. The van der Waals surface area contributed by atoms with E-state index in [4.69, 9.17) is 11.6 Å². The van der Waals surface area contributed by atoms with Gasteiger partial charge in [-0.05, 0) is 44.4 Å². The van der Waals surface area contributed by atoms with Crippen LogP contribution < -0.4 is 10.2 Å². The molecule has 1 aromatic heterocycles. The summed E-state index contributed by atoms with van der Waals surface area (Å²) in [5, 5.41) is 5.01. The molecule has 0 aliphatic carbocycles. The van der Waals surface area contributed by atoms with Crippen molar-refractivity contribution in [1.29, 1.82) is 0 Å². The van der Waals surface area contributed by atoms with E-state index in [9.17, 15) is 4.39 Å². The van der Waals surface area contributed by atoms with Crippen molar-refractivity contribution >= 4 is 28.2 Å². The number of nitrogens with one attached hydrogen (secondary N) is 2. The average molecular weight is 308 g/mol. The maximum Gasteiger partial charge on any atom is 0.147 e. The third kappa shape index (κ3) is 2.04. The van der Waals surface area contributed by atoms with Gasteiger partial charge in [-0.25, -0.2) is 4.39 Å². The van der Waals surface area contributed by atoms with E-state index in [1.807, 2.05) is 6.92 Å². The summed E-state index contributed by atoms with van der Waals surface area (Å²) in [5.41, 5.74) is 2.47. The summed E-state index contributed by atoms with van der Waals surface area (Å²) >= 11 is 6.41. The summed E-state index contributed by atoms with van der Waals surface area (Å²) in [6, 6.07) is 3.79. The molecule has 0 saturated carbocycles. The van der Waals surface area contributed by atoms with Crippen LogP contribution in [0, 0.1) is 18.7 Å². The van der Waals surface area contributed by atoms with Crippen molar-refractivity contribution in [2.24, 2.45) is 5.92 Å². The Hall–Kier alpha value is -1.26. The third-order valence-electron chi connectivity index (χ3n) is 4.99. The fraction of sp³-hybridized carbons (Fsp3) is 0.500. The highest BCUT2D eigenvalue weighted by Gasteiger charge is 2.34. The molecular weight excluding hydrogens is 289 g/mol. The Morgan fingerprint density at radius 2 is 2.19 bits per heavy atom. The molecule has 0 amide bonds. The van der Waals surface area contributed by atoms with Gasteiger partial charge in [-0.1, -0.05) is 11.6 Å². The Bertz CT molecular complexity index is 696. The Morgan fingerprint density at radius 1 is 1.33 bits per heavy atom. The van der Waals surface area contributed by atoms with Crippen LogP contribution in [0.1, 0.15) is 18.5 Å². The van der Waals surface area contributed by atoms with Crippen LogP contribution in [0.2, 0.25) is 5.02 Å². The maximum absolute atomic E-state index is 14.5. The largest absolute Gasteiger partial charge is 0.367 e. The lowest BCUT2D eigenvalue weighted by atomic mass is 9.92. The summed E-state index contributed by atoms with van der Waals surface area (Å²) < 4.78 is 14.5. The minimum absolute atomic E-state index is 0.181. The lowest BCUT2D eigenvalue weighted by Crippen LogP contribution is -2.46. The summed E-state index contributed by atoms with van der Waals surface area (Å²) in [4.78, 5) is 5.40. The van der Waals surface area contributed by atoms with Crippen molar-refractivity contribution in [1.82, 2.24) is 10.3 Å². The summed E-state index contributed by atoms with van der Waals surface area (Å²) in [5.74, 6) is 0.562. The molecule has 0 bridgehead atoms. The molecule has 2 saturated heterocycles. The van der Waals surface area contributed by atoms with Crippen molar-refractivity contribution in [2.75, 3.05) is 24.5 Å². The van der Waals surface area contributed by atoms with E-state index >= 15 is 0 Å². The number of fused-ring (bicyclic) bond motifs is 2. The van der Waals surface area contributed by atoms with Gasteiger partial charge in [0.2, 0.25) is 0 Å². The average Bonchev–Trinajstić information content (AvgIpc) is 3.05. The first-order chi connectivity index (χ1) is 10.1. The number of hydrogen-bond acceptors (Lipinski definition) is 2. The highest BCUT2D eigenvalue weighted by Crippen LogP contribution is 2.39. The van der Waals surface area contributed by atoms with E-state index in [-0.39, 0.29) is 5.82 Å². The molecule has 112 valence electrons. The zero-order chi connectivity index (χ0) is 14.6. The molecule has 2 aliphatic rings. The van der Waals surface area contributed by atoms with Crippen molar-refractivity contribution in [2.45, 2.75) is 25.8 Å². The highest BCUT2D eigenvalue weighted by atomic mass is 35.5. The van der Waals surface area contributed by atoms with Crippen LogP contribution in [-0.2, 0) is 0 Å². The van der Waals surface area contributed by atoms with Gasteiger partial charge in [-0.2, -0.15) is 0 Å². The molecule has 1 aromatic carbocycles. The number of halogens is 2. The lowest BCUT2D eigenvalue weighted by molar-refractivity contribution is 0.372. The fourth-order valence-corrected chi connectivity index (χ4v) is 4.12. The van der Waals surface area contributed by atoms with E-state index in [1.54, 1.807) is 6.07 Å². The van der Waals surface area contributed by atoms with Gasteiger partial charge in [0.05, 0.1) is 10.7 Å². The predicted molar refractivity (Wildman–Crippen MR) is 84.7 cm³/mol. The van der Waals surface area contributed by atoms with Gasteiger partial charge in [-0.3, -0.25) is 0 Å². The Morgan fingerprint density at radius 3 is 3.05 bits per heavy atom. The fourth-order valence-electron chi connectivity index (χ4n) is 3.88. The molecular formula is C16H19ClFN3. The first-order valence-corrected chi connectivity index (χ1v) is 7.97. The Kier molecular flexibility index (Phi) is 3.12. The van der Waals surface area contributed by atoms with Crippen LogP contribution in [0.5, 0.6) is 0 Å². The van der Waals surface area contributed by atoms with E-state index < -0.39 is 0 Å². The molecule has 2 N–H and O–H groups in total. The van der Waals surface area contributed by atoms with E-state index in [0.717, 1.165) is 48.6 Å². The standard InChI is InChI=1S/C16H19ClFN3/c1-9-15(17)14-12(20-9)3-2-11(18)16(14)21-7-5-10-4-6-19-13(10)8-21/h2-3,10,13,19-20H,4-8H2,1H3. The number of aryl methyl sites for hydroxylation is 1. The SMILES string of the molecule is Cc1[nH]c2ccc(F)c(N3CCC4CCNC4C3)c2c1Cl. The molecule has 21 heavy (non-hydrogen) atoms. The molecule has 2 atom stereocenters. The van der Waals surface area contributed by atoms with Crippen LogP contribution in [0.15, 0.2) is 12.1 Å². The van der Waals surface area contributed by atoms with Crippen LogP contribution in [0.4, 0.5) is 10.1 Å². The van der Waals surface area contributed by atoms with Gasteiger partial charge < -0.3 is 15.2 Å². The van der Waals surface area contributed by atoms with Gasteiger partial charge in [0, 0.05) is 35.7 Å². The van der Waals surface area contributed by atoms with Crippen molar-refractivity contribution < 1.29 is 4.39 Å². The van der Waals surface area contributed by atoms with Crippen molar-refractivity contribution in [3.8, 4) is 0 Å². The molecule has 0 radical (unpaired) electrons. The van der Waals surface area contributed by atoms with Crippen LogP contribution in [0.25, 0.3) is 10.9 Å². The topological polar surface area (TPSA) is 31.1 Å². The van der Waals surface area contributed by atoms with Crippen LogP contribution >= 0.6 is 11.6 Å². The van der Waals surface area contributed by atoms with Crippen LogP contribution in [0.3, 0.4) is 0 Å². The number of piperidine rings is 1. The normalized spacial score (nSPS) is 25.6. The number of rotatable bonds is 1. The Balaban J connectivity index is 1.80. The number of aromatic amines is 1. The zero-order valence-corrected chi connectivity index (χ0v) is 12.8. The van der Waals surface area contributed by atoms with E-state index in [1.165, 1.54) is 12.5 Å². The van der Waals surface area contributed by atoms with Gasteiger partial charge in [0.1, 0.15) is 5.82 Å². The Labute approximate surface area is 128 Å². The number of nitrogens with zero attached hydrogens (tertiary/aromatic N) is 1. The van der Waals surface area contributed by atoms with E-state index in [2.05, 4.69) is 15.2 Å². The second-order valence-corrected chi connectivity index (χ2v) is 6.60. The smallest absolute Gasteiger partial charge is 0.147 e. The maximum atomic E-state index is 14.5. The monoisotopic (exact) mass is 307 g/mol. The second kappa shape index (κ2) is 4.89. The van der Waals surface area contributed by atoms with Gasteiger partial charge in [-0.15, -0.1) is 0 Å². The first-order valence-electron chi connectivity index (χ1n) is 7.60. The van der Waals surface area contributed by atoms with Crippen molar-refractivity contribution in [3.05, 3.63) is 28.7 Å². The van der Waals surface area contributed by atoms with Gasteiger partial charge >= 0.3 is 0 Å². The highest BCUT2D eigenvalue weighted by molar-refractivity contribution is 6.37.